The van der Waals surface area contributed by atoms with Crippen LogP contribution < -0.4 is 0 Å². The van der Waals surface area contributed by atoms with Gasteiger partial charge < -0.3 is 4.74 Å². The molecular weight excluding hydrogens is 482 g/mol. The number of imide groups is 1. The lowest BCUT2D eigenvalue weighted by Crippen LogP contribution is -2.57. The molecule has 1 saturated heterocycles. The number of fused-ring (bicyclic) bond motifs is 4. The largest absolute Gasteiger partial charge is 0.463 e. The maximum Gasteiger partial charge on any atom is 0.334 e. The van der Waals surface area contributed by atoms with E-state index in [-0.39, 0.29) is 36.4 Å². The molecule has 1 unspecified atom stereocenters. The summed E-state index contributed by atoms with van der Waals surface area (Å²) < 4.78 is 5.54. The second-order valence-electron chi connectivity index (χ2n) is 11.5. The quantitative estimate of drug-likeness (QED) is 0.436. The molecule has 7 nitrogen and oxygen atoms in total. The molecule has 1 heterocycles. The van der Waals surface area contributed by atoms with Gasteiger partial charge in [-0.1, -0.05) is 49.8 Å². The van der Waals surface area contributed by atoms with E-state index in [4.69, 9.17) is 4.74 Å². The van der Waals surface area contributed by atoms with Gasteiger partial charge in [-0.25, -0.2) is 4.79 Å². The highest BCUT2D eigenvalue weighted by atomic mass is 16.5. The van der Waals surface area contributed by atoms with Gasteiger partial charge in [-0.05, 0) is 62.2 Å². The lowest BCUT2D eigenvalue weighted by Gasteiger charge is -2.55. The molecule has 1 saturated carbocycles. The topological polar surface area (TPSA) is 97.8 Å². The Bertz CT molecular complexity index is 1290. The van der Waals surface area contributed by atoms with Crippen molar-refractivity contribution in [1.82, 2.24) is 4.90 Å². The number of carbonyl (C=O) groups is 5. The van der Waals surface area contributed by atoms with E-state index in [2.05, 4.69) is 0 Å². The van der Waals surface area contributed by atoms with Gasteiger partial charge >= 0.3 is 5.97 Å². The number of Topliss-reactive ketones (excluding diaryl/α,β-unsaturated/α-hetero) is 1. The van der Waals surface area contributed by atoms with Crippen LogP contribution in [0.3, 0.4) is 0 Å². The molecule has 1 aromatic rings. The number of ketones is 2. The number of ether oxygens (including phenoxy) is 1. The van der Waals surface area contributed by atoms with Gasteiger partial charge in [0.15, 0.2) is 11.6 Å². The third kappa shape index (κ3) is 3.65. The Morgan fingerprint density at radius 1 is 1.05 bits per heavy atom. The number of nitrogens with zero attached hydrogens (tertiary/aromatic N) is 1. The Morgan fingerprint density at radius 3 is 2.37 bits per heavy atom. The number of allylic oxidation sites excluding steroid dienone is 3. The Hall–Kier alpha value is -3.35. The van der Waals surface area contributed by atoms with Crippen LogP contribution in [0.1, 0.15) is 46.1 Å². The lowest BCUT2D eigenvalue weighted by atomic mass is 9.46. The standard InChI is InChI=1S/C31H35NO6/c1-6-38-30(37)24-19(13-12-18-10-8-7-9-11-18)25-26(29(36)32(5)28(25)35)23-17(3)31(4)21(15-20(23)24)22(33)14-16(2)27(31)34/h7-11,14,17,19,21,23,25-26H,6,12-13,15H2,1-5H3/t17?,19-,21+,23+,25-,26+,31+/m0/s1. The summed E-state index contributed by atoms with van der Waals surface area (Å²) in [6.07, 6.45) is 2.74. The van der Waals surface area contributed by atoms with Crippen LogP contribution in [-0.2, 0) is 35.1 Å². The Kier molecular flexibility index (Phi) is 6.52. The average Bonchev–Trinajstić information content (AvgIpc) is 3.12. The van der Waals surface area contributed by atoms with Crippen molar-refractivity contribution < 1.29 is 28.7 Å². The van der Waals surface area contributed by atoms with Crippen molar-refractivity contribution >= 4 is 29.4 Å². The van der Waals surface area contributed by atoms with Gasteiger partial charge in [-0.15, -0.1) is 0 Å². The van der Waals surface area contributed by atoms with Crippen molar-refractivity contribution in [2.24, 2.45) is 40.9 Å². The molecular formula is C31H35NO6. The lowest BCUT2D eigenvalue weighted by molar-refractivity contribution is -0.148. The van der Waals surface area contributed by atoms with E-state index in [0.29, 0.717) is 24.0 Å². The second kappa shape index (κ2) is 9.44. The maximum atomic E-state index is 13.7. The molecule has 7 atom stereocenters. The number of hydrogen-bond donors (Lipinski definition) is 0. The first kappa shape index (κ1) is 26.3. The molecule has 0 spiro atoms. The van der Waals surface area contributed by atoms with Gasteiger partial charge in [0.2, 0.25) is 11.8 Å². The van der Waals surface area contributed by atoms with Crippen molar-refractivity contribution in [3.63, 3.8) is 0 Å². The van der Waals surface area contributed by atoms with Crippen LogP contribution in [0.2, 0.25) is 0 Å². The average molecular weight is 518 g/mol. The highest BCUT2D eigenvalue weighted by Gasteiger charge is 2.65. The van der Waals surface area contributed by atoms with E-state index in [0.717, 1.165) is 11.1 Å². The Labute approximate surface area is 223 Å². The van der Waals surface area contributed by atoms with Gasteiger partial charge in [0, 0.05) is 29.9 Å². The van der Waals surface area contributed by atoms with Crippen LogP contribution in [0, 0.1) is 40.9 Å². The van der Waals surface area contributed by atoms with Crippen LogP contribution >= 0.6 is 0 Å². The number of benzene rings is 1. The highest BCUT2D eigenvalue weighted by molar-refractivity contribution is 6.13. The molecule has 0 aromatic heterocycles. The van der Waals surface area contributed by atoms with E-state index < -0.39 is 46.9 Å². The van der Waals surface area contributed by atoms with Crippen LogP contribution in [0.15, 0.2) is 53.1 Å². The fourth-order valence-electron chi connectivity index (χ4n) is 7.81. The Morgan fingerprint density at radius 2 is 1.71 bits per heavy atom. The summed E-state index contributed by atoms with van der Waals surface area (Å²) in [5, 5.41) is 0. The van der Waals surface area contributed by atoms with Crippen molar-refractivity contribution in [1.29, 1.82) is 0 Å². The molecule has 4 aliphatic rings. The van der Waals surface area contributed by atoms with Crippen molar-refractivity contribution in [2.45, 2.75) is 47.0 Å². The number of carbonyl (C=O) groups excluding carboxylic acids is 5. The van der Waals surface area contributed by atoms with Crippen LogP contribution in [0.5, 0.6) is 0 Å². The predicted molar refractivity (Wildman–Crippen MR) is 139 cm³/mol. The molecule has 1 aromatic carbocycles. The minimum absolute atomic E-state index is 0.0980. The molecule has 200 valence electrons. The summed E-state index contributed by atoms with van der Waals surface area (Å²) >= 11 is 0. The van der Waals surface area contributed by atoms with E-state index >= 15 is 0 Å². The third-order valence-corrected chi connectivity index (χ3v) is 9.82. The summed E-state index contributed by atoms with van der Waals surface area (Å²) in [6, 6.07) is 9.83. The molecule has 38 heavy (non-hydrogen) atoms. The predicted octanol–water partition coefficient (Wildman–Crippen LogP) is 3.72. The zero-order valence-corrected chi connectivity index (χ0v) is 22.7. The number of aryl methyl sites for hydroxylation is 1. The SMILES string of the molecule is CCOC(=O)C1=C2C[C@@H]3C(=O)C=C(C)C(=O)[C@]3(C)C(C)[C@H]2[C@H]2C(=O)N(C)C(=O)[C@H]2[C@H]1CCc1ccccc1. The second-order valence-corrected chi connectivity index (χ2v) is 11.5. The summed E-state index contributed by atoms with van der Waals surface area (Å²) in [6.45, 7) is 7.29. The molecule has 0 radical (unpaired) electrons. The molecule has 5 rings (SSSR count). The zero-order chi connectivity index (χ0) is 27.5. The van der Waals surface area contributed by atoms with E-state index in [1.807, 2.05) is 44.2 Å². The first-order chi connectivity index (χ1) is 18.0. The Balaban J connectivity index is 1.70. The van der Waals surface area contributed by atoms with Crippen LogP contribution in [-0.4, -0.2) is 47.9 Å². The van der Waals surface area contributed by atoms with Crippen LogP contribution in [0.4, 0.5) is 0 Å². The highest BCUT2D eigenvalue weighted by Crippen LogP contribution is 2.62. The fourth-order valence-corrected chi connectivity index (χ4v) is 7.81. The molecule has 2 fully saturated rings. The molecule has 7 heteroatoms. The molecule has 0 N–H and O–H groups in total. The van der Waals surface area contributed by atoms with Gasteiger partial charge in [0.05, 0.1) is 18.4 Å². The smallest absolute Gasteiger partial charge is 0.334 e. The molecule has 1 aliphatic heterocycles. The maximum absolute atomic E-state index is 13.7. The van der Waals surface area contributed by atoms with E-state index in [9.17, 15) is 24.0 Å². The van der Waals surface area contributed by atoms with Crippen molar-refractivity contribution in [2.75, 3.05) is 13.7 Å². The minimum Gasteiger partial charge on any atom is -0.463 e. The number of esters is 1. The summed E-state index contributed by atoms with van der Waals surface area (Å²) in [5.74, 6) is -4.73. The van der Waals surface area contributed by atoms with Gasteiger partial charge in [0.1, 0.15) is 0 Å². The minimum atomic E-state index is -1.02. The zero-order valence-electron chi connectivity index (χ0n) is 22.7. The van der Waals surface area contributed by atoms with E-state index in [1.54, 1.807) is 13.8 Å². The van der Waals surface area contributed by atoms with Gasteiger partial charge in [-0.3, -0.25) is 24.1 Å². The van der Waals surface area contributed by atoms with Crippen LogP contribution in [0.25, 0.3) is 0 Å². The number of hydrogen-bond acceptors (Lipinski definition) is 6. The van der Waals surface area contributed by atoms with E-state index in [1.165, 1.54) is 18.0 Å². The molecule has 3 aliphatic carbocycles. The summed E-state index contributed by atoms with van der Waals surface area (Å²) in [5.41, 5.74) is 1.63. The van der Waals surface area contributed by atoms with Crippen molar-refractivity contribution in [3.05, 3.63) is 58.7 Å². The molecule has 0 bridgehead atoms. The first-order valence-electron chi connectivity index (χ1n) is 13.6. The first-order valence-corrected chi connectivity index (χ1v) is 13.6. The monoisotopic (exact) mass is 517 g/mol. The molecule has 2 amide bonds. The number of likely N-dealkylation sites (tertiary alicyclic amines) is 1. The third-order valence-electron chi connectivity index (χ3n) is 9.82. The fraction of sp³-hybridized carbons (Fsp3) is 0.516. The summed E-state index contributed by atoms with van der Waals surface area (Å²) in [4.78, 5) is 68.9. The number of rotatable bonds is 5. The summed E-state index contributed by atoms with van der Waals surface area (Å²) in [7, 11) is 1.50. The van der Waals surface area contributed by atoms with Crippen molar-refractivity contribution in [3.8, 4) is 0 Å². The number of amides is 2. The van der Waals surface area contributed by atoms with Gasteiger partial charge in [-0.2, -0.15) is 0 Å². The normalized spacial score (nSPS) is 34.6. The van der Waals surface area contributed by atoms with Gasteiger partial charge in [0.25, 0.3) is 0 Å².